The maximum absolute atomic E-state index is 11.2. The number of guanidine groups is 1. The van der Waals surface area contributed by atoms with Gasteiger partial charge in [-0.15, -0.1) is 0 Å². The second-order valence-corrected chi connectivity index (χ2v) is 32.3. The summed E-state index contributed by atoms with van der Waals surface area (Å²) in [7, 11) is 13.9. The second kappa shape index (κ2) is 63.5. The molecule has 0 bridgehead atoms. The maximum atomic E-state index is 11.2. The quantitative estimate of drug-likeness (QED) is 0.0174. The number of imidazole rings is 1. The third kappa shape index (κ3) is 46.2. The topological polar surface area (TPSA) is 696 Å². The zero-order valence-corrected chi connectivity index (χ0v) is 79.5. The average Bonchev–Trinajstić information content (AvgIpc) is 1.71. The number of rotatable bonds is 31. The number of benzene rings is 1. The number of esters is 23. The first-order valence-electron chi connectivity index (χ1n) is 43.4. The predicted octanol–water partition coefficient (Wildman–Crippen LogP) is 0.770. The lowest BCUT2D eigenvalue weighted by atomic mass is 10.0. The predicted molar refractivity (Wildman–Crippen MR) is 464 cm³/mol. The number of hydrogen-bond acceptors (Lipinski definition) is 46. The van der Waals surface area contributed by atoms with Gasteiger partial charge in [-0.05, 0) is 83.0 Å². The number of nitrogens with one attached hydrogen (secondary N) is 4. The number of aromatic nitrogens is 2. The Morgan fingerprint density at radius 2 is 0.899 bits per heavy atom. The Morgan fingerprint density at radius 3 is 1.26 bits per heavy atom. The first-order valence-corrected chi connectivity index (χ1v) is 44.8. The molecule has 6 N–H and O–H groups in total. The van der Waals surface area contributed by atoms with Gasteiger partial charge in [0, 0.05) is 92.4 Å². The first kappa shape index (κ1) is 119. The molecule has 2 amide bonds. The highest BCUT2D eigenvalue weighted by Crippen LogP contribution is 2.29. The Balaban J connectivity index is 0.000000394. The van der Waals surface area contributed by atoms with Crippen molar-refractivity contribution in [2.24, 2.45) is 77.0 Å². The summed E-state index contributed by atoms with van der Waals surface area (Å²) in [6, 6.07) is 6.71. The standard InChI is InChI=1S/C11H11NO4.C9H15N3O3.C9H10N2O3.C9H15NO3.C8H11NO4.C8H10O5.C8H10O4.C7H8O5.C7H10O4.C6H8O4.C6H8O3S/c1-15-8-4-2-7(3-5-8)6-9-10(13)16-11(14)12-9;1-11-9(10)12-4-2-3-6-5-7(13)15-8(6)14;1-11-4-7(10-5-11)2-6-3-8(12)14-9(6)13;1-10-5-3-2-4-7-6-8(11)13-9(7)12;1-9-6(10)3-2-5-4-7(11)13-8(5)12;1-12-6(9)3-2-5-4-7(10)13-8(5)11;1-2-6(9)3-5-4-7(10)12-8(5)11;1-11-5(8)2-4-3-6(9)12-7(4)10;1-4(10-2)5-3-6(8)11-7(5)9;1-9-3-4-2-5(7)10-6(4)8;1-10-3-4-2-5(7)9-6(4)8/h2-5,9H,6H2,1H3,(H,12,14);6H,2-5H2,1H3,(H3,10,11,12);4-6H,2-3H2,1H3;7,10H,2-6H2,1H3;5H,2-4H2,1H3,(H,9,10);5H,2-4H2,1H3;5H,2-4H2,1H3;4H,2-3H2,1H3;4-5H,3H2,1-2H3;2*4H,2-3H2,1H3. The molecular formula is C88H116N8O42S. The molecule has 13 rings (SSSR count). The number of nitrogens with zero attached hydrogens (tertiary/aromatic N) is 3. The molecule has 2 aromatic rings. The number of alkyl carbamates (subject to hydrolysis) is 1. The third-order valence-corrected chi connectivity index (χ3v) is 21.5. The van der Waals surface area contributed by atoms with Gasteiger partial charge in [0.05, 0.1) is 176 Å². The molecule has 51 heteroatoms. The highest BCUT2D eigenvalue weighted by Gasteiger charge is 2.42. The van der Waals surface area contributed by atoms with Crippen LogP contribution in [0.5, 0.6) is 5.75 Å². The molecule has 12 unspecified atom stereocenters. The molecule has 11 aliphatic rings. The van der Waals surface area contributed by atoms with E-state index >= 15 is 0 Å². The van der Waals surface area contributed by atoms with Crippen LogP contribution in [0.1, 0.15) is 166 Å². The SMILES string of the molecule is CCC(=O)CC1CC(=O)OC1=O.CN=C(N)NCCCC1CC(=O)OC1=O.CNC(=O)CCC1CC(=O)OC1=O.CNCCCCC1CC(=O)OC1=O.COC(=O)CC1CC(=O)OC1=O.COC(=O)CCC1CC(=O)OC1=O.COC(C)C1CC(=O)OC1=O.COCC1CC(=O)OC1=O.COc1ccc(CC2NC(=O)OC2=O)cc1.CSCC1CC(=O)OC1=O.Cn1cnc(CC2CC(=O)OC2=O)c1. The lowest BCUT2D eigenvalue weighted by molar-refractivity contribution is -0.156. The number of methoxy groups -OCH3 is 5. The second-order valence-electron chi connectivity index (χ2n) is 31.4. The Kier molecular flexibility index (Phi) is 54.5. The summed E-state index contributed by atoms with van der Waals surface area (Å²) in [5.74, 6) is -12.9. The minimum absolute atomic E-state index is 0.00773. The van der Waals surface area contributed by atoms with E-state index in [9.17, 15) is 125 Å². The molecule has 0 radical (unpaired) electrons. The maximum Gasteiger partial charge on any atom is 0.415 e. The number of aliphatic imine (C=N–C) groups is 1. The average molecular weight is 1990 g/mol. The van der Waals surface area contributed by atoms with Gasteiger partial charge < -0.3 is 107 Å². The number of Topliss-reactive ketones (excluding diaryl/α,β-unsaturated/α-hetero) is 1. The van der Waals surface area contributed by atoms with Crippen LogP contribution >= 0.6 is 11.8 Å². The van der Waals surface area contributed by atoms with Crippen molar-refractivity contribution in [1.29, 1.82) is 0 Å². The molecule has 11 aliphatic heterocycles. The fraction of sp³-hybridized carbons (Fsp3) is 0.591. The minimum atomic E-state index is -0.677. The Hall–Kier alpha value is -13.9. The van der Waals surface area contributed by atoms with Crippen molar-refractivity contribution in [1.82, 2.24) is 30.8 Å². The summed E-state index contributed by atoms with van der Waals surface area (Å²) in [4.78, 5) is 288. The van der Waals surface area contributed by atoms with Gasteiger partial charge in [0.15, 0.2) is 5.96 Å². The van der Waals surface area contributed by atoms with E-state index in [1.807, 2.05) is 38.7 Å². The highest BCUT2D eigenvalue weighted by atomic mass is 32.2. The number of hydrogen-bond donors (Lipinski definition) is 5. The molecular weight excluding hydrogens is 1870 g/mol. The Bertz CT molecular complexity index is 4620. The van der Waals surface area contributed by atoms with Gasteiger partial charge in [0.2, 0.25) is 5.91 Å². The van der Waals surface area contributed by atoms with Crippen LogP contribution in [0.2, 0.25) is 0 Å². The highest BCUT2D eigenvalue weighted by molar-refractivity contribution is 7.98. The van der Waals surface area contributed by atoms with Crippen molar-refractivity contribution in [3.05, 3.63) is 48.0 Å². The van der Waals surface area contributed by atoms with Crippen molar-refractivity contribution >= 4 is 173 Å². The number of carbonyl (C=O) groups is 26. The van der Waals surface area contributed by atoms with E-state index in [4.69, 9.17) is 19.9 Å². The molecule has 0 saturated carbocycles. The van der Waals surface area contributed by atoms with Crippen LogP contribution in [0.15, 0.2) is 41.8 Å². The number of nitrogens with two attached hydrogens (primary N) is 1. The summed E-state index contributed by atoms with van der Waals surface area (Å²) >= 11 is 1.55. The number of amides is 2. The number of ether oxygens (including phenoxy) is 16. The van der Waals surface area contributed by atoms with Gasteiger partial charge in [0.25, 0.3) is 0 Å². The molecule has 1 aromatic carbocycles. The number of unbranched alkanes of at least 4 members (excludes halogenated alkanes) is 1. The number of aryl methyl sites for hydroxylation is 1. The van der Waals surface area contributed by atoms with E-state index in [1.54, 1.807) is 62.8 Å². The summed E-state index contributed by atoms with van der Waals surface area (Å²) in [5.41, 5.74) is 7.15. The van der Waals surface area contributed by atoms with Crippen LogP contribution in [0.4, 0.5) is 4.79 Å². The van der Waals surface area contributed by atoms with Gasteiger partial charge in [-0.25, -0.2) is 14.6 Å². The van der Waals surface area contributed by atoms with Gasteiger partial charge in [-0.1, -0.05) is 25.5 Å². The van der Waals surface area contributed by atoms with E-state index in [2.05, 4.69) is 92.8 Å². The normalized spacial score (nSPS) is 22.4. The van der Waals surface area contributed by atoms with Crippen molar-refractivity contribution in [2.75, 3.05) is 88.4 Å². The molecule has 12 heterocycles. The molecule has 0 aliphatic carbocycles. The smallest absolute Gasteiger partial charge is 0.415 e. The van der Waals surface area contributed by atoms with E-state index in [0.717, 1.165) is 49.2 Å². The fourth-order valence-corrected chi connectivity index (χ4v) is 13.6. The summed E-state index contributed by atoms with van der Waals surface area (Å²) in [6.45, 7) is 5.33. The number of ketones is 1. The Morgan fingerprint density at radius 1 is 0.489 bits per heavy atom. The molecule has 12 atom stereocenters. The molecule has 0 spiro atoms. The van der Waals surface area contributed by atoms with E-state index in [0.29, 0.717) is 56.8 Å². The van der Waals surface area contributed by atoms with Crippen LogP contribution in [-0.2, 0) is 211 Å². The van der Waals surface area contributed by atoms with E-state index in [1.165, 1.54) is 35.5 Å². The van der Waals surface area contributed by atoms with Gasteiger partial charge in [0.1, 0.15) is 17.6 Å². The van der Waals surface area contributed by atoms with Crippen LogP contribution in [0, 0.1) is 59.2 Å². The fourth-order valence-electron chi connectivity index (χ4n) is 12.9. The number of carbonyl (C=O) groups excluding carboxylic acids is 26. The van der Waals surface area contributed by atoms with Gasteiger partial charge in [-0.3, -0.25) is 120 Å². The van der Waals surface area contributed by atoms with Crippen LogP contribution < -0.4 is 31.7 Å². The van der Waals surface area contributed by atoms with E-state index < -0.39 is 149 Å². The molecule has 11 saturated heterocycles. The molecule has 1 aromatic heterocycles. The monoisotopic (exact) mass is 1990 g/mol. The van der Waals surface area contributed by atoms with Crippen molar-refractivity contribution in [3.63, 3.8) is 0 Å². The van der Waals surface area contributed by atoms with Crippen molar-refractivity contribution in [3.8, 4) is 5.75 Å². The Labute approximate surface area is 800 Å². The molecule has 766 valence electrons. The largest absolute Gasteiger partial charge is 0.497 e. The summed E-state index contributed by atoms with van der Waals surface area (Å²) in [6.07, 6.45) is 12.5. The molecule has 11 fully saturated rings. The van der Waals surface area contributed by atoms with Gasteiger partial charge >= 0.3 is 143 Å². The first-order chi connectivity index (χ1) is 65.8. The zero-order chi connectivity index (χ0) is 104. The third-order valence-electron chi connectivity index (χ3n) is 20.7. The van der Waals surface area contributed by atoms with Crippen molar-refractivity contribution < 1.29 is 200 Å². The summed E-state index contributed by atoms with van der Waals surface area (Å²) < 4.78 is 72.9. The number of thioether (sulfide) groups is 1. The molecule has 139 heavy (non-hydrogen) atoms. The lowest BCUT2D eigenvalue weighted by Crippen LogP contribution is -2.32. The van der Waals surface area contributed by atoms with Crippen molar-refractivity contribution in [2.45, 2.75) is 180 Å². The van der Waals surface area contributed by atoms with E-state index in [-0.39, 0.29) is 174 Å². The van der Waals surface area contributed by atoms with Crippen LogP contribution in [0.3, 0.4) is 0 Å². The minimum Gasteiger partial charge on any atom is -0.497 e. The number of cyclic esters (lactones) is 22. The zero-order valence-electron chi connectivity index (χ0n) is 78.7. The summed E-state index contributed by atoms with van der Waals surface area (Å²) in [5, 5.41) is 10.8. The van der Waals surface area contributed by atoms with Crippen LogP contribution in [-0.4, -0.2) is 271 Å². The van der Waals surface area contributed by atoms with Crippen LogP contribution in [0.25, 0.3) is 0 Å². The lowest BCUT2D eigenvalue weighted by Gasteiger charge is -2.11. The van der Waals surface area contributed by atoms with Gasteiger partial charge in [-0.2, -0.15) is 11.8 Å². The molecule has 50 nitrogen and oxygen atoms in total.